The fourth-order valence-corrected chi connectivity index (χ4v) is 3.68. The molecule has 192 valence electrons. The van der Waals surface area contributed by atoms with Gasteiger partial charge >= 0.3 is 6.18 Å². The summed E-state index contributed by atoms with van der Waals surface area (Å²) >= 11 is 0. The van der Waals surface area contributed by atoms with E-state index >= 15 is 0 Å². The van der Waals surface area contributed by atoms with E-state index in [1.54, 1.807) is 43.7 Å². The lowest BCUT2D eigenvalue weighted by atomic mass is 10.0. The summed E-state index contributed by atoms with van der Waals surface area (Å²) in [5, 5.41) is 5.80. The average molecular weight is 517 g/mol. The number of carbonyl (C=O) groups is 1. The quantitative estimate of drug-likeness (QED) is 0.341. The molecule has 0 atom stereocenters. The molecule has 0 saturated heterocycles. The second kappa shape index (κ2) is 10.0. The van der Waals surface area contributed by atoms with Crippen LogP contribution in [-0.2, 0) is 6.18 Å². The van der Waals surface area contributed by atoms with E-state index in [9.17, 15) is 18.0 Å². The highest BCUT2D eigenvalue weighted by atomic mass is 19.4. The average Bonchev–Trinajstić information content (AvgIpc) is 3.59. The number of carbonyl (C=O) groups excluding carboxylic acids is 1. The van der Waals surface area contributed by atoms with E-state index in [1.807, 2.05) is 6.92 Å². The monoisotopic (exact) mass is 516 g/mol. The first kappa shape index (κ1) is 25.0. The summed E-state index contributed by atoms with van der Waals surface area (Å²) in [7, 11) is 0. The Kier molecular flexibility index (Phi) is 6.59. The molecule has 2 N–H and O–H groups in total. The Morgan fingerprint density at radius 1 is 1.03 bits per heavy atom. The lowest BCUT2D eigenvalue weighted by Gasteiger charge is -2.14. The largest absolute Gasteiger partial charge is 0.416 e. The molecule has 5 rings (SSSR count). The van der Waals surface area contributed by atoms with Gasteiger partial charge in [0, 0.05) is 47.1 Å². The second-order valence-electron chi connectivity index (χ2n) is 9.14. The van der Waals surface area contributed by atoms with Crippen molar-refractivity contribution in [2.75, 3.05) is 10.6 Å². The smallest absolute Gasteiger partial charge is 0.351 e. The summed E-state index contributed by atoms with van der Waals surface area (Å²) in [6.07, 6.45) is 3.93. The second-order valence-corrected chi connectivity index (χ2v) is 9.14. The van der Waals surface area contributed by atoms with Gasteiger partial charge in [0.15, 0.2) is 0 Å². The summed E-state index contributed by atoms with van der Waals surface area (Å²) in [6, 6.07) is 8.77. The van der Waals surface area contributed by atoms with Crippen molar-refractivity contribution < 1.29 is 18.0 Å². The lowest BCUT2D eigenvalue weighted by Crippen LogP contribution is -2.14. The number of nitrogens with zero attached hydrogens (tertiary/aromatic N) is 4. The number of aromatic nitrogens is 4. The Morgan fingerprint density at radius 2 is 1.79 bits per heavy atom. The van der Waals surface area contributed by atoms with Crippen LogP contribution in [0.5, 0.6) is 0 Å². The lowest BCUT2D eigenvalue weighted by molar-refractivity contribution is -0.137. The summed E-state index contributed by atoms with van der Waals surface area (Å²) in [6.45, 7) is 3.59. The fourth-order valence-electron chi connectivity index (χ4n) is 3.68. The van der Waals surface area contributed by atoms with E-state index in [4.69, 9.17) is 0 Å². The minimum absolute atomic E-state index is 0.0106. The highest BCUT2D eigenvalue weighted by Crippen LogP contribution is 2.33. The summed E-state index contributed by atoms with van der Waals surface area (Å²) in [4.78, 5) is 25.6. The van der Waals surface area contributed by atoms with Crippen molar-refractivity contribution in [2.45, 2.75) is 38.9 Å². The third-order valence-electron chi connectivity index (χ3n) is 5.92. The molecule has 1 saturated carbocycles. The molecule has 2 aromatic heterocycles. The number of imidazole rings is 1. The van der Waals surface area contributed by atoms with Crippen molar-refractivity contribution in [1.29, 1.82) is 0 Å². The normalized spacial score (nSPS) is 13.0. The number of hydrogen-bond acceptors (Lipinski definition) is 5. The predicted molar refractivity (Wildman–Crippen MR) is 137 cm³/mol. The highest BCUT2D eigenvalue weighted by Gasteiger charge is 2.31. The highest BCUT2D eigenvalue weighted by molar-refractivity contribution is 6.04. The van der Waals surface area contributed by atoms with Gasteiger partial charge < -0.3 is 15.2 Å². The Balaban J connectivity index is 1.37. The van der Waals surface area contributed by atoms with E-state index < -0.39 is 17.6 Å². The molecule has 0 bridgehead atoms. The molecule has 7 nitrogen and oxygen atoms in total. The van der Waals surface area contributed by atoms with Crippen LogP contribution in [0.15, 0.2) is 61.3 Å². The van der Waals surface area contributed by atoms with Crippen molar-refractivity contribution in [2.24, 2.45) is 0 Å². The first-order chi connectivity index (χ1) is 18.1. The summed E-state index contributed by atoms with van der Waals surface area (Å²) < 4.78 is 42.2. The third-order valence-corrected chi connectivity index (χ3v) is 5.92. The molecule has 0 unspecified atom stereocenters. The van der Waals surface area contributed by atoms with Crippen LogP contribution in [0.2, 0.25) is 0 Å². The minimum atomic E-state index is -4.59. The Bertz CT molecular complexity index is 1560. The van der Waals surface area contributed by atoms with E-state index in [-0.39, 0.29) is 16.9 Å². The van der Waals surface area contributed by atoms with Gasteiger partial charge in [-0.15, -0.1) is 0 Å². The summed E-state index contributed by atoms with van der Waals surface area (Å²) in [5.41, 5.74) is 2.34. The maximum atomic E-state index is 13.6. The molecule has 2 heterocycles. The van der Waals surface area contributed by atoms with Crippen LogP contribution in [-0.4, -0.2) is 31.5 Å². The van der Waals surface area contributed by atoms with Gasteiger partial charge in [0.2, 0.25) is 5.95 Å². The standard InChI is InChI=1S/C28H23F3N6O/c1-17-3-5-21(9-20(17)6-4-19-13-32-27(33-14-19)36-23-7-8-23)26(38)35-24-10-22(28(29,30)31)11-25(12-24)37-15-18(2)34-16-37/h3,5,9-16,23H,7-8H2,1-2H3,(H,35,38)(H,32,33,36). The number of hydrogen-bond donors (Lipinski definition) is 2. The molecule has 2 aromatic carbocycles. The van der Waals surface area contributed by atoms with Crippen LogP contribution in [0.4, 0.5) is 24.8 Å². The summed E-state index contributed by atoms with van der Waals surface area (Å²) in [5.74, 6) is 6.04. The molecule has 1 amide bonds. The molecule has 38 heavy (non-hydrogen) atoms. The zero-order valence-corrected chi connectivity index (χ0v) is 20.6. The van der Waals surface area contributed by atoms with E-state index in [0.29, 0.717) is 28.8 Å². The number of benzene rings is 2. The minimum Gasteiger partial charge on any atom is -0.351 e. The van der Waals surface area contributed by atoms with Gasteiger partial charge in [0.25, 0.3) is 5.91 Å². The van der Waals surface area contributed by atoms with Gasteiger partial charge in [0.05, 0.1) is 23.1 Å². The molecule has 0 radical (unpaired) electrons. The molecule has 0 aliphatic heterocycles. The molecule has 1 fully saturated rings. The number of nitrogens with one attached hydrogen (secondary N) is 2. The molecule has 0 spiro atoms. The van der Waals surface area contributed by atoms with E-state index in [1.165, 1.54) is 17.0 Å². The number of anilines is 2. The number of halogens is 3. The maximum Gasteiger partial charge on any atom is 0.416 e. The Labute approximate surface area is 217 Å². The van der Waals surface area contributed by atoms with Crippen LogP contribution in [0.1, 0.15) is 51.1 Å². The maximum absolute atomic E-state index is 13.6. The molecule has 4 aromatic rings. The van der Waals surface area contributed by atoms with Gasteiger partial charge in [-0.05, 0) is 62.6 Å². The molecule has 10 heteroatoms. The van der Waals surface area contributed by atoms with Crippen LogP contribution in [0.3, 0.4) is 0 Å². The molecule has 1 aliphatic rings. The van der Waals surface area contributed by atoms with E-state index in [0.717, 1.165) is 30.5 Å². The van der Waals surface area contributed by atoms with Gasteiger partial charge in [-0.1, -0.05) is 17.9 Å². The van der Waals surface area contributed by atoms with Crippen LogP contribution >= 0.6 is 0 Å². The Hall–Kier alpha value is -4.65. The number of rotatable bonds is 5. The fraction of sp³-hybridized carbons (Fsp3) is 0.214. The third kappa shape index (κ3) is 6.00. The Morgan fingerprint density at radius 3 is 2.45 bits per heavy atom. The van der Waals surface area contributed by atoms with Crippen LogP contribution in [0, 0.1) is 25.7 Å². The zero-order chi connectivity index (χ0) is 26.9. The molecular weight excluding hydrogens is 493 g/mol. The number of aryl methyl sites for hydroxylation is 2. The van der Waals surface area contributed by atoms with Gasteiger partial charge in [0.1, 0.15) is 0 Å². The SMILES string of the molecule is Cc1cn(-c2cc(NC(=O)c3ccc(C)c(C#Cc4cnc(NC5CC5)nc4)c3)cc(C(F)(F)F)c2)cn1. The van der Waals surface area contributed by atoms with Crippen LogP contribution < -0.4 is 10.6 Å². The zero-order valence-electron chi connectivity index (χ0n) is 20.6. The molecule has 1 aliphatic carbocycles. The van der Waals surface area contributed by atoms with Crippen molar-refractivity contribution in [3.63, 3.8) is 0 Å². The predicted octanol–water partition coefficient (Wildman–Crippen LogP) is 5.52. The van der Waals surface area contributed by atoms with Gasteiger partial charge in [-0.3, -0.25) is 4.79 Å². The first-order valence-corrected chi connectivity index (χ1v) is 11.9. The van der Waals surface area contributed by atoms with Gasteiger partial charge in [-0.25, -0.2) is 15.0 Å². The molecular formula is C28H23F3N6O. The first-order valence-electron chi connectivity index (χ1n) is 11.9. The van der Waals surface area contributed by atoms with Crippen LogP contribution in [0.25, 0.3) is 5.69 Å². The van der Waals surface area contributed by atoms with Crippen molar-refractivity contribution >= 4 is 17.5 Å². The number of amides is 1. The van der Waals surface area contributed by atoms with Crippen molar-refractivity contribution in [1.82, 2.24) is 19.5 Å². The van der Waals surface area contributed by atoms with Crippen molar-refractivity contribution in [3.8, 4) is 17.5 Å². The number of alkyl halides is 3. The van der Waals surface area contributed by atoms with Crippen molar-refractivity contribution in [3.05, 3.63) is 94.8 Å². The van der Waals surface area contributed by atoms with E-state index in [2.05, 4.69) is 37.4 Å². The topological polar surface area (TPSA) is 84.7 Å². The van der Waals surface area contributed by atoms with Gasteiger partial charge in [-0.2, -0.15) is 13.2 Å².